The second-order valence-corrected chi connectivity index (χ2v) is 4.44. The molecule has 0 saturated carbocycles. The molecule has 0 aromatic heterocycles. The summed E-state index contributed by atoms with van der Waals surface area (Å²) in [7, 11) is 0. The van der Waals surface area contributed by atoms with E-state index in [2.05, 4.69) is 0 Å². The predicted molar refractivity (Wildman–Crippen MR) is 71.8 cm³/mol. The minimum atomic E-state index is -4.57. The molecule has 2 N–H and O–H groups in total. The van der Waals surface area contributed by atoms with Crippen LogP contribution >= 0.6 is 0 Å². The van der Waals surface area contributed by atoms with E-state index in [0.29, 0.717) is 11.4 Å². The number of anilines is 1. The molecule has 3 nitrogen and oxygen atoms in total. The summed E-state index contributed by atoms with van der Waals surface area (Å²) < 4.78 is 43.6. The maximum atomic E-state index is 12.7. The van der Waals surface area contributed by atoms with E-state index < -0.39 is 17.3 Å². The van der Waals surface area contributed by atoms with Crippen molar-refractivity contribution in [1.82, 2.24) is 0 Å². The number of nitriles is 1. The van der Waals surface area contributed by atoms with Crippen molar-refractivity contribution in [3.05, 3.63) is 53.1 Å². The first-order valence-corrected chi connectivity index (χ1v) is 5.96. The predicted octanol–water partition coefficient (Wildman–Crippen LogP) is 4.26. The van der Waals surface area contributed by atoms with Crippen molar-refractivity contribution >= 4 is 5.69 Å². The van der Waals surface area contributed by atoms with Crippen molar-refractivity contribution in [1.29, 1.82) is 5.26 Å². The zero-order valence-corrected chi connectivity index (χ0v) is 11.0. The summed E-state index contributed by atoms with van der Waals surface area (Å²) in [5.74, 6) is 0.625. The number of nitrogens with zero attached hydrogens (tertiary/aromatic N) is 1. The van der Waals surface area contributed by atoms with Crippen molar-refractivity contribution in [3.63, 3.8) is 0 Å². The smallest absolute Gasteiger partial charge is 0.417 e. The van der Waals surface area contributed by atoms with Crippen LogP contribution in [0.3, 0.4) is 0 Å². The van der Waals surface area contributed by atoms with Crippen LogP contribution in [0.2, 0.25) is 0 Å². The molecular formula is C15H11F3N2O. The first-order valence-electron chi connectivity index (χ1n) is 5.96. The summed E-state index contributed by atoms with van der Waals surface area (Å²) >= 11 is 0. The minimum absolute atomic E-state index is 0.160. The van der Waals surface area contributed by atoms with Crippen LogP contribution in [-0.2, 0) is 6.18 Å². The largest absolute Gasteiger partial charge is 0.457 e. The highest BCUT2D eigenvalue weighted by molar-refractivity contribution is 5.50. The van der Waals surface area contributed by atoms with Crippen LogP contribution in [-0.4, -0.2) is 0 Å². The number of alkyl halides is 3. The highest BCUT2D eigenvalue weighted by Crippen LogP contribution is 2.35. The standard InChI is InChI=1S/C15H11F3N2O/c1-9-6-11(20)2-5-14(9)21-12-3-4-13(15(16,17)18)10(7-12)8-19/h2-7H,20H2,1H3. The molecule has 0 spiro atoms. The summed E-state index contributed by atoms with van der Waals surface area (Å²) in [5.41, 5.74) is 5.46. The number of nitrogens with two attached hydrogens (primary N) is 1. The van der Waals surface area contributed by atoms with Gasteiger partial charge in [0.25, 0.3) is 0 Å². The van der Waals surface area contributed by atoms with Crippen LogP contribution in [0.5, 0.6) is 11.5 Å². The minimum Gasteiger partial charge on any atom is -0.457 e. The van der Waals surface area contributed by atoms with Gasteiger partial charge in [-0.1, -0.05) is 0 Å². The number of halogens is 3. The molecule has 0 bridgehead atoms. The Hall–Kier alpha value is -2.68. The van der Waals surface area contributed by atoms with E-state index in [9.17, 15) is 13.2 Å². The maximum Gasteiger partial charge on any atom is 0.417 e. The van der Waals surface area contributed by atoms with Crippen LogP contribution < -0.4 is 10.5 Å². The average Bonchev–Trinajstić information content (AvgIpc) is 2.40. The van der Waals surface area contributed by atoms with Crippen molar-refractivity contribution in [2.24, 2.45) is 0 Å². The third-order valence-corrected chi connectivity index (χ3v) is 2.84. The van der Waals surface area contributed by atoms with Gasteiger partial charge in [-0.15, -0.1) is 0 Å². The maximum absolute atomic E-state index is 12.7. The van der Waals surface area contributed by atoms with Gasteiger partial charge >= 0.3 is 6.18 Å². The Kier molecular flexibility index (Phi) is 3.76. The molecule has 0 aliphatic rings. The van der Waals surface area contributed by atoms with Gasteiger partial charge in [-0.2, -0.15) is 18.4 Å². The second-order valence-electron chi connectivity index (χ2n) is 4.44. The van der Waals surface area contributed by atoms with E-state index in [1.807, 2.05) is 0 Å². The summed E-state index contributed by atoms with van der Waals surface area (Å²) in [4.78, 5) is 0. The summed E-state index contributed by atoms with van der Waals surface area (Å²) in [6, 6.07) is 9.54. The number of hydrogen-bond donors (Lipinski definition) is 1. The van der Waals surface area contributed by atoms with E-state index in [0.717, 1.165) is 17.7 Å². The Balaban J connectivity index is 2.36. The average molecular weight is 292 g/mol. The SMILES string of the molecule is Cc1cc(N)ccc1Oc1ccc(C(F)(F)F)c(C#N)c1. The highest BCUT2D eigenvalue weighted by Gasteiger charge is 2.33. The second kappa shape index (κ2) is 5.37. The fourth-order valence-electron chi connectivity index (χ4n) is 1.84. The van der Waals surface area contributed by atoms with Crippen LogP contribution in [0.25, 0.3) is 0 Å². The van der Waals surface area contributed by atoms with Crippen LogP contribution in [0.4, 0.5) is 18.9 Å². The number of ether oxygens (including phenoxy) is 1. The lowest BCUT2D eigenvalue weighted by Gasteiger charge is -2.12. The number of aryl methyl sites for hydroxylation is 1. The van der Waals surface area contributed by atoms with Crippen molar-refractivity contribution < 1.29 is 17.9 Å². The Labute approximate surface area is 119 Å². The van der Waals surface area contributed by atoms with E-state index >= 15 is 0 Å². The Bertz CT molecular complexity index is 718. The Morgan fingerprint density at radius 3 is 2.43 bits per heavy atom. The van der Waals surface area contributed by atoms with Gasteiger partial charge in [0.1, 0.15) is 11.5 Å². The number of benzene rings is 2. The molecule has 0 atom stereocenters. The lowest BCUT2D eigenvalue weighted by Crippen LogP contribution is -2.07. The van der Waals surface area contributed by atoms with E-state index in [1.54, 1.807) is 25.1 Å². The van der Waals surface area contributed by atoms with Crippen molar-refractivity contribution in [3.8, 4) is 17.6 Å². The van der Waals surface area contributed by atoms with Gasteiger partial charge in [-0.3, -0.25) is 0 Å². The molecule has 0 heterocycles. The molecule has 108 valence electrons. The lowest BCUT2D eigenvalue weighted by atomic mass is 10.1. The molecule has 0 fully saturated rings. The van der Waals surface area contributed by atoms with Crippen LogP contribution in [0, 0.1) is 18.3 Å². The summed E-state index contributed by atoms with van der Waals surface area (Å²) in [6.07, 6.45) is -4.57. The monoisotopic (exact) mass is 292 g/mol. The van der Waals surface area contributed by atoms with E-state index in [1.165, 1.54) is 12.1 Å². The van der Waals surface area contributed by atoms with E-state index in [-0.39, 0.29) is 5.75 Å². The first-order chi connectivity index (χ1) is 9.81. The topological polar surface area (TPSA) is 59.0 Å². The molecule has 0 radical (unpaired) electrons. The van der Waals surface area contributed by atoms with Crippen LogP contribution in [0.1, 0.15) is 16.7 Å². The fraction of sp³-hybridized carbons (Fsp3) is 0.133. The van der Waals surface area contributed by atoms with Crippen molar-refractivity contribution in [2.45, 2.75) is 13.1 Å². The molecule has 0 aliphatic heterocycles. The Morgan fingerprint density at radius 1 is 1.14 bits per heavy atom. The zero-order valence-electron chi connectivity index (χ0n) is 11.0. The fourth-order valence-corrected chi connectivity index (χ4v) is 1.84. The van der Waals surface area contributed by atoms with Gasteiger partial charge in [-0.25, -0.2) is 0 Å². The van der Waals surface area contributed by atoms with Gasteiger partial charge < -0.3 is 10.5 Å². The van der Waals surface area contributed by atoms with Gasteiger partial charge in [0.05, 0.1) is 17.2 Å². The molecular weight excluding hydrogens is 281 g/mol. The molecule has 0 unspecified atom stereocenters. The third kappa shape index (κ3) is 3.26. The molecule has 21 heavy (non-hydrogen) atoms. The summed E-state index contributed by atoms with van der Waals surface area (Å²) in [5, 5.41) is 8.84. The number of rotatable bonds is 2. The molecule has 6 heteroatoms. The molecule has 0 amide bonds. The van der Waals surface area contributed by atoms with Gasteiger partial charge in [-0.05, 0) is 48.9 Å². The zero-order chi connectivity index (χ0) is 15.6. The number of nitrogen functional groups attached to an aromatic ring is 1. The van der Waals surface area contributed by atoms with Crippen LogP contribution in [0.15, 0.2) is 36.4 Å². The number of hydrogen-bond acceptors (Lipinski definition) is 3. The third-order valence-electron chi connectivity index (χ3n) is 2.84. The summed E-state index contributed by atoms with van der Waals surface area (Å²) in [6.45, 7) is 1.76. The molecule has 2 aromatic carbocycles. The van der Waals surface area contributed by atoms with Gasteiger partial charge in [0, 0.05) is 5.69 Å². The molecule has 2 rings (SSSR count). The quantitative estimate of drug-likeness (QED) is 0.841. The molecule has 2 aromatic rings. The normalized spacial score (nSPS) is 11.0. The Morgan fingerprint density at radius 2 is 1.86 bits per heavy atom. The van der Waals surface area contributed by atoms with Crippen molar-refractivity contribution in [2.75, 3.05) is 5.73 Å². The van der Waals surface area contributed by atoms with Gasteiger partial charge in [0.2, 0.25) is 0 Å². The highest BCUT2D eigenvalue weighted by atomic mass is 19.4. The molecule has 0 aliphatic carbocycles. The van der Waals surface area contributed by atoms with E-state index in [4.69, 9.17) is 15.7 Å². The lowest BCUT2D eigenvalue weighted by molar-refractivity contribution is -0.137. The van der Waals surface area contributed by atoms with Gasteiger partial charge in [0.15, 0.2) is 0 Å². The first kappa shape index (κ1) is 14.7. The molecule has 0 saturated heterocycles.